The van der Waals surface area contributed by atoms with Gasteiger partial charge in [0.1, 0.15) is 6.10 Å². The molecular formula is C19H36IN7O. The highest BCUT2D eigenvalue weighted by molar-refractivity contribution is 14.0. The van der Waals surface area contributed by atoms with Gasteiger partial charge >= 0.3 is 0 Å². The molecule has 2 atom stereocenters. The number of morpholine rings is 1. The predicted molar refractivity (Wildman–Crippen MR) is 123 cm³/mol. The third-order valence-electron chi connectivity index (χ3n) is 5.46. The molecule has 3 rings (SSSR count). The zero-order valence-electron chi connectivity index (χ0n) is 17.7. The lowest BCUT2D eigenvalue weighted by atomic mass is 10.1. The molecule has 0 aliphatic carbocycles. The fraction of sp³-hybridized carbons (Fsp3) is 0.789. The van der Waals surface area contributed by atoms with Gasteiger partial charge in [0.2, 0.25) is 0 Å². The highest BCUT2D eigenvalue weighted by atomic mass is 127. The maximum absolute atomic E-state index is 5.98. The molecule has 160 valence electrons. The Morgan fingerprint density at radius 1 is 1.29 bits per heavy atom. The second kappa shape index (κ2) is 11.3. The van der Waals surface area contributed by atoms with Crippen LogP contribution in [0.5, 0.6) is 0 Å². The highest BCUT2D eigenvalue weighted by Crippen LogP contribution is 2.21. The van der Waals surface area contributed by atoms with Crippen molar-refractivity contribution in [2.45, 2.75) is 26.0 Å². The van der Waals surface area contributed by atoms with Gasteiger partial charge in [-0.05, 0) is 20.9 Å². The second-order valence-corrected chi connectivity index (χ2v) is 7.64. The first-order valence-corrected chi connectivity index (χ1v) is 10.1. The summed E-state index contributed by atoms with van der Waals surface area (Å²) in [6, 6.07) is 0.461. The summed E-state index contributed by atoms with van der Waals surface area (Å²) in [5.41, 5.74) is 1.13. The summed E-state index contributed by atoms with van der Waals surface area (Å²) < 4.78 is 7.80. The van der Waals surface area contributed by atoms with Crippen molar-refractivity contribution in [1.29, 1.82) is 0 Å². The van der Waals surface area contributed by atoms with E-state index < -0.39 is 0 Å². The number of nitrogens with zero attached hydrogens (tertiary/aromatic N) is 6. The van der Waals surface area contributed by atoms with E-state index in [-0.39, 0.29) is 30.1 Å². The number of halogens is 1. The Morgan fingerprint density at radius 3 is 2.68 bits per heavy atom. The molecule has 2 aliphatic rings. The first-order valence-electron chi connectivity index (χ1n) is 10.1. The van der Waals surface area contributed by atoms with Gasteiger partial charge in [-0.3, -0.25) is 14.6 Å². The molecule has 8 nitrogen and oxygen atoms in total. The molecule has 0 radical (unpaired) electrons. The van der Waals surface area contributed by atoms with Crippen molar-refractivity contribution in [2.75, 3.05) is 66.0 Å². The lowest BCUT2D eigenvalue weighted by Crippen LogP contribution is -2.50. The Labute approximate surface area is 186 Å². The average molecular weight is 505 g/mol. The van der Waals surface area contributed by atoms with Crippen LogP contribution in [0.15, 0.2) is 17.4 Å². The van der Waals surface area contributed by atoms with E-state index in [0.717, 1.165) is 63.9 Å². The largest absolute Gasteiger partial charge is 0.370 e. The van der Waals surface area contributed by atoms with Crippen molar-refractivity contribution < 1.29 is 4.74 Å². The normalized spacial score (nSPS) is 23.4. The van der Waals surface area contributed by atoms with E-state index in [1.807, 2.05) is 24.1 Å². The maximum atomic E-state index is 5.98. The molecule has 2 aliphatic heterocycles. The Hall–Kier alpha value is -0.910. The van der Waals surface area contributed by atoms with Gasteiger partial charge in [-0.15, -0.1) is 24.0 Å². The number of hydrogen-bond donors (Lipinski definition) is 1. The van der Waals surface area contributed by atoms with E-state index in [4.69, 9.17) is 9.73 Å². The minimum absolute atomic E-state index is 0. The number of hydrogen-bond acceptors (Lipinski definition) is 5. The first kappa shape index (κ1) is 23.4. The van der Waals surface area contributed by atoms with Crippen molar-refractivity contribution in [3.63, 3.8) is 0 Å². The van der Waals surface area contributed by atoms with Crippen LogP contribution in [0.4, 0.5) is 0 Å². The van der Waals surface area contributed by atoms with Crippen LogP contribution < -0.4 is 5.32 Å². The molecule has 0 aromatic carbocycles. The Kier molecular flexibility index (Phi) is 9.45. The van der Waals surface area contributed by atoms with Crippen LogP contribution in [0, 0.1) is 0 Å². The zero-order chi connectivity index (χ0) is 19.2. The van der Waals surface area contributed by atoms with Crippen LogP contribution in [0.3, 0.4) is 0 Å². The van der Waals surface area contributed by atoms with Gasteiger partial charge in [-0.1, -0.05) is 0 Å². The second-order valence-electron chi connectivity index (χ2n) is 7.64. The minimum Gasteiger partial charge on any atom is -0.370 e. The Bertz CT molecular complexity index is 615. The van der Waals surface area contributed by atoms with Gasteiger partial charge in [0.25, 0.3) is 0 Å². The molecular weight excluding hydrogens is 469 g/mol. The number of nitrogens with one attached hydrogen (secondary N) is 1. The fourth-order valence-corrected chi connectivity index (χ4v) is 3.67. The molecule has 1 N–H and O–H groups in total. The van der Waals surface area contributed by atoms with Crippen molar-refractivity contribution >= 4 is 29.9 Å². The molecule has 2 fully saturated rings. The molecule has 0 saturated carbocycles. The Morgan fingerprint density at radius 2 is 2.04 bits per heavy atom. The van der Waals surface area contributed by atoms with Gasteiger partial charge in [0, 0.05) is 64.1 Å². The molecule has 1 aromatic rings. The van der Waals surface area contributed by atoms with Crippen molar-refractivity contribution in [3.8, 4) is 0 Å². The van der Waals surface area contributed by atoms with Crippen LogP contribution in [-0.2, 0) is 11.8 Å². The third kappa shape index (κ3) is 6.30. The number of rotatable bonds is 5. The van der Waals surface area contributed by atoms with Crippen LogP contribution in [0.1, 0.15) is 25.5 Å². The summed E-state index contributed by atoms with van der Waals surface area (Å²) in [4.78, 5) is 12.2. The van der Waals surface area contributed by atoms with Gasteiger partial charge < -0.3 is 19.9 Å². The molecule has 3 heterocycles. The molecule has 0 spiro atoms. The summed E-state index contributed by atoms with van der Waals surface area (Å²) in [5, 5.41) is 7.75. The van der Waals surface area contributed by atoms with Crippen LogP contribution in [-0.4, -0.2) is 102 Å². The number of aliphatic imine (C=N–C) groups is 1. The van der Waals surface area contributed by atoms with E-state index in [0.29, 0.717) is 12.6 Å². The van der Waals surface area contributed by atoms with Crippen LogP contribution >= 0.6 is 24.0 Å². The summed E-state index contributed by atoms with van der Waals surface area (Å²) in [6.45, 7) is 13.0. The zero-order valence-corrected chi connectivity index (χ0v) is 20.0. The third-order valence-corrected chi connectivity index (χ3v) is 5.46. The van der Waals surface area contributed by atoms with Gasteiger partial charge in [-0.25, -0.2) is 0 Å². The minimum atomic E-state index is 0. The lowest BCUT2D eigenvalue weighted by Gasteiger charge is -2.37. The molecule has 1 aromatic heterocycles. The first-order chi connectivity index (χ1) is 13.1. The summed E-state index contributed by atoms with van der Waals surface area (Å²) in [5.74, 6) is 0.996. The summed E-state index contributed by atoms with van der Waals surface area (Å²) in [6.07, 6.45) is 3.98. The average Bonchev–Trinajstić information content (AvgIpc) is 3.12. The van der Waals surface area contributed by atoms with Crippen LogP contribution in [0.25, 0.3) is 0 Å². The van der Waals surface area contributed by atoms with Gasteiger partial charge in [-0.2, -0.15) is 5.10 Å². The van der Waals surface area contributed by atoms with Crippen molar-refractivity contribution in [3.05, 3.63) is 18.0 Å². The number of guanidine groups is 1. The monoisotopic (exact) mass is 505 g/mol. The Balaban J connectivity index is 0.00000280. The van der Waals surface area contributed by atoms with E-state index in [1.54, 1.807) is 0 Å². The molecule has 9 heteroatoms. The molecule has 0 amide bonds. The lowest BCUT2D eigenvalue weighted by molar-refractivity contribution is -0.00809. The quantitative estimate of drug-likeness (QED) is 0.367. The fourth-order valence-electron chi connectivity index (χ4n) is 3.67. The van der Waals surface area contributed by atoms with E-state index in [9.17, 15) is 0 Å². The SMILES string of the molecule is CCNC(=NCC(C)N1CCN(C)CC1)N1CCOC(c2cnn(C)c2)C1.I. The molecule has 2 unspecified atom stereocenters. The van der Waals surface area contributed by atoms with E-state index >= 15 is 0 Å². The predicted octanol–water partition coefficient (Wildman–Crippen LogP) is 1.01. The molecule has 28 heavy (non-hydrogen) atoms. The summed E-state index contributed by atoms with van der Waals surface area (Å²) in [7, 11) is 4.13. The van der Waals surface area contributed by atoms with Crippen molar-refractivity contribution in [1.82, 2.24) is 29.8 Å². The maximum Gasteiger partial charge on any atom is 0.194 e. The molecule has 0 bridgehead atoms. The van der Waals surface area contributed by atoms with Gasteiger partial charge in [0.05, 0.1) is 25.9 Å². The van der Waals surface area contributed by atoms with Crippen LogP contribution in [0.2, 0.25) is 0 Å². The van der Waals surface area contributed by atoms with E-state index in [1.165, 1.54) is 0 Å². The smallest absolute Gasteiger partial charge is 0.194 e. The number of aromatic nitrogens is 2. The number of ether oxygens (including phenoxy) is 1. The topological polar surface area (TPSA) is 61.2 Å². The highest BCUT2D eigenvalue weighted by Gasteiger charge is 2.25. The van der Waals surface area contributed by atoms with E-state index in [2.05, 4.69) is 46.0 Å². The summed E-state index contributed by atoms with van der Waals surface area (Å²) >= 11 is 0. The van der Waals surface area contributed by atoms with Gasteiger partial charge in [0.15, 0.2) is 5.96 Å². The van der Waals surface area contributed by atoms with Crippen molar-refractivity contribution in [2.24, 2.45) is 12.0 Å². The standard InChI is InChI=1S/C19H35N7O.HI/c1-5-20-19(21-12-16(2)25-8-6-23(3)7-9-25)26-10-11-27-18(15-26)17-13-22-24(4)14-17;/h13-14,16,18H,5-12,15H2,1-4H3,(H,20,21);1H. The number of piperazine rings is 1. The number of aryl methyl sites for hydroxylation is 1. The number of likely N-dealkylation sites (N-methyl/N-ethyl adjacent to an activating group) is 1. The molecule has 2 saturated heterocycles.